The summed E-state index contributed by atoms with van der Waals surface area (Å²) >= 11 is 10.8. The number of hydrogen-bond acceptors (Lipinski definition) is 3. The topological polar surface area (TPSA) is 38.8 Å². The molecule has 0 bridgehead atoms. The van der Waals surface area contributed by atoms with Gasteiger partial charge in [-0.25, -0.2) is 0 Å². The highest BCUT2D eigenvalue weighted by atomic mass is 35.5. The molecule has 1 aliphatic heterocycles. The molecule has 100 valence electrons. The smallest absolute Gasteiger partial charge is 0.321 e. The molecule has 0 atom stereocenters. The van der Waals surface area contributed by atoms with E-state index in [1.165, 1.54) is 4.90 Å². The summed E-state index contributed by atoms with van der Waals surface area (Å²) in [7, 11) is 0. The number of hydrogen-bond donors (Lipinski definition) is 0. The summed E-state index contributed by atoms with van der Waals surface area (Å²) in [4.78, 5) is 12.0. The number of halogens is 2. The average molecular weight is 292 g/mol. The highest BCUT2D eigenvalue weighted by Gasteiger charge is 2.10. The minimum absolute atomic E-state index is 0.0619. The van der Waals surface area contributed by atoms with Crippen molar-refractivity contribution < 1.29 is 14.3 Å². The zero-order valence-corrected chi connectivity index (χ0v) is 11.4. The SMILES string of the molecule is C1COCCO1.O=C(Cl)N(CCl)c1ccccc1. The van der Waals surface area contributed by atoms with Crippen LogP contribution >= 0.6 is 23.2 Å². The molecule has 0 aliphatic carbocycles. The fourth-order valence-corrected chi connectivity index (χ4v) is 1.73. The molecule has 1 aliphatic rings. The van der Waals surface area contributed by atoms with Crippen molar-refractivity contribution in [2.45, 2.75) is 0 Å². The van der Waals surface area contributed by atoms with Gasteiger partial charge in [-0.05, 0) is 23.7 Å². The Morgan fingerprint density at radius 3 is 1.94 bits per heavy atom. The third-order valence-electron chi connectivity index (χ3n) is 2.14. The van der Waals surface area contributed by atoms with E-state index in [0.29, 0.717) is 5.69 Å². The van der Waals surface area contributed by atoms with Gasteiger partial charge in [-0.3, -0.25) is 9.69 Å². The third kappa shape index (κ3) is 5.69. The molecule has 0 unspecified atom stereocenters. The summed E-state index contributed by atoms with van der Waals surface area (Å²) in [5.41, 5.74) is 0.701. The quantitative estimate of drug-likeness (QED) is 0.477. The van der Waals surface area contributed by atoms with Crippen LogP contribution in [0, 0.1) is 0 Å². The van der Waals surface area contributed by atoms with Gasteiger partial charge in [-0.2, -0.15) is 0 Å². The van der Waals surface area contributed by atoms with Crippen LogP contribution in [-0.2, 0) is 9.47 Å². The molecule has 1 aromatic carbocycles. The van der Waals surface area contributed by atoms with E-state index in [2.05, 4.69) is 0 Å². The second-order valence-corrected chi connectivity index (χ2v) is 3.92. The highest BCUT2D eigenvalue weighted by Crippen LogP contribution is 2.15. The van der Waals surface area contributed by atoms with Crippen LogP contribution in [0.3, 0.4) is 0 Å². The number of anilines is 1. The molecular weight excluding hydrogens is 277 g/mol. The molecule has 0 spiro atoms. The fourth-order valence-electron chi connectivity index (χ4n) is 1.27. The summed E-state index contributed by atoms with van der Waals surface area (Å²) in [6.45, 7) is 3.11. The molecule has 0 aromatic heterocycles. The minimum atomic E-state index is -0.573. The third-order valence-corrected chi connectivity index (χ3v) is 2.59. The van der Waals surface area contributed by atoms with Gasteiger partial charge in [0.15, 0.2) is 0 Å². The Morgan fingerprint density at radius 2 is 1.61 bits per heavy atom. The maximum Gasteiger partial charge on any atom is 0.321 e. The summed E-state index contributed by atoms with van der Waals surface area (Å²) < 4.78 is 9.89. The Kier molecular flexibility index (Phi) is 7.76. The second kappa shape index (κ2) is 9.16. The van der Waals surface area contributed by atoms with Crippen molar-refractivity contribution in [2.75, 3.05) is 37.3 Å². The van der Waals surface area contributed by atoms with E-state index in [9.17, 15) is 4.79 Å². The lowest BCUT2D eigenvalue weighted by molar-refractivity contribution is -0.0334. The maximum atomic E-state index is 10.8. The molecule has 1 saturated heterocycles. The largest absolute Gasteiger partial charge is 0.377 e. The van der Waals surface area contributed by atoms with Gasteiger partial charge in [0.05, 0.1) is 26.4 Å². The standard InChI is InChI=1S/C8H7Cl2NO.C4H8O2/c9-6-11(8(10)12)7-4-2-1-3-5-7;1-2-6-4-3-5-1/h1-5H,6H2;1-4H2. The van der Waals surface area contributed by atoms with E-state index >= 15 is 0 Å². The number of benzene rings is 1. The van der Waals surface area contributed by atoms with E-state index in [-0.39, 0.29) is 6.00 Å². The monoisotopic (exact) mass is 291 g/mol. The molecule has 4 nitrogen and oxygen atoms in total. The number of alkyl halides is 1. The predicted molar refractivity (Wildman–Crippen MR) is 72.5 cm³/mol. The number of nitrogens with zero attached hydrogens (tertiary/aromatic N) is 1. The Labute approximate surface area is 116 Å². The van der Waals surface area contributed by atoms with Crippen LogP contribution in [0.5, 0.6) is 0 Å². The molecule has 0 radical (unpaired) electrons. The van der Waals surface area contributed by atoms with Crippen molar-refractivity contribution in [2.24, 2.45) is 0 Å². The lowest BCUT2D eigenvalue weighted by Crippen LogP contribution is -2.23. The van der Waals surface area contributed by atoms with Crippen LogP contribution in [0.15, 0.2) is 30.3 Å². The zero-order valence-electron chi connectivity index (χ0n) is 9.85. The van der Waals surface area contributed by atoms with E-state index in [1.807, 2.05) is 18.2 Å². The van der Waals surface area contributed by atoms with Gasteiger partial charge in [-0.15, -0.1) is 11.6 Å². The van der Waals surface area contributed by atoms with Gasteiger partial charge in [0, 0.05) is 5.69 Å². The normalized spacial score (nSPS) is 14.3. The van der Waals surface area contributed by atoms with E-state index in [1.54, 1.807) is 12.1 Å². The number of para-hydroxylation sites is 1. The second-order valence-electron chi connectivity index (χ2n) is 3.36. The first kappa shape index (κ1) is 15.2. The van der Waals surface area contributed by atoms with Crippen molar-refractivity contribution in [3.05, 3.63) is 30.3 Å². The van der Waals surface area contributed by atoms with Crippen molar-refractivity contribution >= 4 is 34.3 Å². The van der Waals surface area contributed by atoms with E-state index in [4.69, 9.17) is 32.7 Å². The van der Waals surface area contributed by atoms with E-state index < -0.39 is 5.37 Å². The summed E-state index contributed by atoms with van der Waals surface area (Å²) in [5.74, 6) is 0. The van der Waals surface area contributed by atoms with Crippen molar-refractivity contribution in [3.8, 4) is 0 Å². The van der Waals surface area contributed by atoms with Gasteiger partial charge < -0.3 is 9.47 Å². The Hall–Kier alpha value is -0.810. The first-order valence-electron chi connectivity index (χ1n) is 5.49. The van der Waals surface area contributed by atoms with Crippen LogP contribution < -0.4 is 4.90 Å². The van der Waals surface area contributed by atoms with Crippen LogP contribution in [0.4, 0.5) is 10.5 Å². The lowest BCUT2D eigenvalue weighted by Gasteiger charge is -2.15. The average Bonchev–Trinajstić information content (AvgIpc) is 2.43. The number of rotatable bonds is 2. The van der Waals surface area contributed by atoms with Gasteiger partial charge in [0.2, 0.25) is 0 Å². The Morgan fingerprint density at radius 1 is 1.11 bits per heavy atom. The zero-order chi connectivity index (χ0) is 13.2. The highest BCUT2D eigenvalue weighted by molar-refractivity contribution is 6.66. The fraction of sp³-hybridized carbons (Fsp3) is 0.417. The van der Waals surface area contributed by atoms with Gasteiger partial charge >= 0.3 is 5.37 Å². The Balaban J connectivity index is 0.000000225. The number of carbonyl (C=O) groups excluding carboxylic acids is 1. The number of amides is 1. The molecule has 18 heavy (non-hydrogen) atoms. The van der Waals surface area contributed by atoms with Gasteiger partial charge in [0.1, 0.15) is 6.00 Å². The van der Waals surface area contributed by atoms with Gasteiger partial charge in [0.25, 0.3) is 0 Å². The molecule has 1 aromatic rings. The van der Waals surface area contributed by atoms with Crippen LogP contribution in [0.25, 0.3) is 0 Å². The number of carbonyl (C=O) groups is 1. The predicted octanol–water partition coefficient (Wildman–Crippen LogP) is 3.08. The molecule has 0 saturated carbocycles. The number of ether oxygens (including phenoxy) is 2. The molecule has 2 rings (SSSR count). The summed E-state index contributed by atoms with van der Waals surface area (Å²) in [6.07, 6.45) is 0. The molecule has 6 heteroatoms. The molecular formula is C12H15Cl2NO3. The molecule has 1 fully saturated rings. The van der Waals surface area contributed by atoms with Crippen LogP contribution in [0.1, 0.15) is 0 Å². The summed E-state index contributed by atoms with van der Waals surface area (Å²) in [5, 5.41) is -0.573. The molecule has 1 amide bonds. The minimum Gasteiger partial charge on any atom is -0.377 e. The maximum absolute atomic E-state index is 10.8. The van der Waals surface area contributed by atoms with Crippen molar-refractivity contribution in [1.29, 1.82) is 0 Å². The summed E-state index contributed by atoms with van der Waals surface area (Å²) in [6, 6.07) is 9.08. The van der Waals surface area contributed by atoms with Gasteiger partial charge in [-0.1, -0.05) is 18.2 Å². The first-order chi connectivity index (χ1) is 8.75. The van der Waals surface area contributed by atoms with Crippen molar-refractivity contribution in [3.63, 3.8) is 0 Å². The van der Waals surface area contributed by atoms with Crippen LogP contribution in [-0.4, -0.2) is 37.8 Å². The van der Waals surface area contributed by atoms with Crippen LogP contribution in [0.2, 0.25) is 0 Å². The molecule has 1 heterocycles. The molecule has 0 N–H and O–H groups in total. The first-order valence-corrected chi connectivity index (χ1v) is 6.40. The van der Waals surface area contributed by atoms with E-state index in [0.717, 1.165) is 26.4 Å². The van der Waals surface area contributed by atoms with Crippen molar-refractivity contribution in [1.82, 2.24) is 0 Å². The Bertz CT molecular complexity index is 333. The lowest BCUT2D eigenvalue weighted by atomic mass is 10.3.